The fourth-order valence-electron chi connectivity index (χ4n) is 2.32. The molecule has 4 heteroatoms. The van der Waals surface area contributed by atoms with Gasteiger partial charge in [0.2, 0.25) is 0 Å². The van der Waals surface area contributed by atoms with Crippen LogP contribution in [-0.2, 0) is 0 Å². The van der Waals surface area contributed by atoms with E-state index < -0.39 is 0 Å². The number of halogens is 1. The summed E-state index contributed by atoms with van der Waals surface area (Å²) >= 11 is 6.29. The Morgan fingerprint density at radius 3 is 2.65 bits per heavy atom. The van der Waals surface area contributed by atoms with Gasteiger partial charge in [-0.25, -0.2) is 9.97 Å². The van der Waals surface area contributed by atoms with Gasteiger partial charge in [-0.1, -0.05) is 6.07 Å². The first-order valence-corrected chi connectivity index (χ1v) is 7.06. The second-order valence-electron chi connectivity index (χ2n) is 5.04. The van der Waals surface area contributed by atoms with Crippen molar-refractivity contribution in [3.63, 3.8) is 0 Å². The molecule has 0 aliphatic rings. The third-order valence-electron chi connectivity index (χ3n) is 3.55. The van der Waals surface area contributed by atoms with E-state index in [0.717, 1.165) is 22.7 Å². The molecule has 0 bridgehead atoms. The van der Waals surface area contributed by atoms with Gasteiger partial charge in [0.25, 0.3) is 0 Å². The summed E-state index contributed by atoms with van der Waals surface area (Å²) in [5.74, 6) is 0.823. The molecule has 0 N–H and O–H groups in total. The maximum atomic E-state index is 6.29. The first kappa shape index (κ1) is 13.1. The molecule has 0 saturated heterocycles. The Labute approximate surface area is 123 Å². The quantitative estimate of drug-likeness (QED) is 0.656. The SMILES string of the molecule is Cc1ccc(-n2c(C(C)Cl)nc3cccnc32)cc1C. The average molecular weight is 286 g/mol. The van der Waals surface area contributed by atoms with Crippen molar-refractivity contribution < 1.29 is 0 Å². The highest BCUT2D eigenvalue weighted by Gasteiger charge is 2.17. The van der Waals surface area contributed by atoms with Crippen LogP contribution >= 0.6 is 11.6 Å². The number of hydrogen-bond acceptors (Lipinski definition) is 2. The average Bonchev–Trinajstić information content (AvgIpc) is 2.81. The molecule has 0 aliphatic heterocycles. The number of aromatic nitrogens is 3. The van der Waals surface area contributed by atoms with Crippen molar-refractivity contribution in [1.29, 1.82) is 0 Å². The molecule has 20 heavy (non-hydrogen) atoms. The molecule has 1 atom stereocenters. The molecule has 0 spiro atoms. The van der Waals surface area contributed by atoms with E-state index in [-0.39, 0.29) is 5.38 Å². The Kier molecular flexibility index (Phi) is 3.22. The Bertz CT molecular complexity index is 774. The Morgan fingerprint density at radius 2 is 1.95 bits per heavy atom. The molecule has 3 nitrogen and oxygen atoms in total. The molecule has 0 radical (unpaired) electrons. The minimum atomic E-state index is -0.175. The number of nitrogens with zero attached hydrogens (tertiary/aromatic N) is 3. The lowest BCUT2D eigenvalue weighted by Gasteiger charge is -2.11. The lowest BCUT2D eigenvalue weighted by Crippen LogP contribution is -2.03. The van der Waals surface area contributed by atoms with Crippen LogP contribution in [0, 0.1) is 13.8 Å². The van der Waals surface area contributed by atoms with Gasteiger partial charge in [-0.15, -0.1) is 11.6 Å². The van der Waals surface area contributed by atoms with E-state index in [1.807, 2.05) is 23.6 Å². The fraction of sp³-hybridized carbons (Fsp3) is 0.250. The van der Waals surface area contributed by atoms with Gasteiger partial charge in [-0.05, 0) is 56.2 Å². The smallest absolute Gasteiger partial charge is 0.164 e. The van der Waals surface area contributed by atoms with E-state index in [1.54, 1.807) is 6.20 Å². The Morgan fingerprint density at radius 1 is 1.15 bits per heavy atom. The molecule has 2 heterocycles. The highest BCUT2D eigenvalue weighted by atomic mass is 35.5. The lowest BCUT2D eigenvalue weighted by molar-refractivity contribution is 0.876. The van der Waals surface area contributed by atoms with Crippen LogP contribution in [0.5, 0.6) is 0 Å². The highest BCUT2D eigenvalue weighted by molar-refractivity contribution is 6.20. The number of rotatable bonds is 2. The van der Waals surface area contributed by atoms with Gasteiger partial charge in [-0.3, -0.25) is 4.57 Å². The van der Waals surface area contributed by atoms with Crippen LogP contribution in [0.3, 0.4) is 0 Å². The third-order valence-corrected chi connectivity index (χ3v) is 3.74. The predicted molar refractivity (Wildman–Crippen MR) is 82.6 cm³/mol. The normalized spacial score (nSPS) is 12.8. The molecule has 1 aromatic carbocycles. The largest absolute Gasteiger partial charge is 0.279 e. The minimum absolute atomic E-state index is 0.175. The molecular weight excluding hydrogens is 270 g/mol. The lowest BCUT2D eigenvalue weighted by atomic mass is 10.1. The van der Waals surface area contributed by atoms with E-state index >= 15 is 0 Å². The molecule has 0 aliphatic carbocycles. The third kappa shape index (κ3) is 2.08. The first-order chi connectivity index (χ1) is 9.58. The van der Waals surface area contributed by atoms with Crippen LogP contribution in [0.2, 0.25) is 0 Å². The van der Waals surface area contributed by atoms with E-state index in [1.165, 1.54) is 11.1 Å². The monoisotopic (exact) mass is 285 g/mol. The van der Waals surface area contributed by atoms with Gasteiger partial charge in [0.1, 0.15) is 11.3 Å². The van der Waals surface area contributed by atoms with Gasteiger partial charge >= 0.3 is 0 Å². The van der Waals surface area contributed by atoms with Gasteiger partial charge in [0, 0.05) is 11.9 Å². The molecule has 3 aromatic rings. The molecule has 3 rings (SSSR count). The van der Waals surface area contributed by atoms with E-state index in [2.05, 4.69) is 42.0 Å². The standard InChI is InChI=1S/C16H16ClN3/c1-10-6-7-13(9-11(10)2)20-15(12(3)17)19-14-5-4-8-18-16(14)20/h4-9,12H,1-3H3. The number of benzene rings is 1. The second-order valence-corrected chi connectivity index (χ2v) is 5.69. The van der Waals surface area contributed by atoms with Crippen LogP contribution in [0.4, 0.5) is 0 Å². The van der Waals surface area contributed by atoms with Crippen LogP contribution in [-0.4, -0.2) is 14.5 Å². The van der Waals surface area contributed by atoms with Crippen molar-refractivity contribution in [2.75, 3.05) is 0 Å². The van der Waals surface area contributed by atoms with Gasteiger partial charge < -0.3 is 0 Å². The van der Waals surface area contributed by atoms with Crippen molar-refractivity contribution >= 4 is 22.8 Å². The zero-order valence-electron chi connectivity index (χ0n) is 11.8. The molecule has 2 aromatic heterocycles. The molecule has 0 saturated carbocycles. The number of imidazole rings is 1. The maximum absolute atomic E-state index is 6.29. The highest BCUT2D eigenvalue weighted by Crippen LogP contribution is 2.27. The molecule has 0 fully saturated rings. The van der Waals surface area contributed by atoms with Crippen molar-refractivity contribution in [1.82, 2.24) is 14.5 Å². The van der Waals surface area contributed by atoms with Gasteiger partial charge in [0.05, 0.1) is 5.38 Å². The Hall–Kier alpha value is -1.87. The summed E-state index contributed by atoms with van der Waals surface area (Å²) in [6, 6.07) is 10.2. The number of hydrogen-bond donors (Lipinski definition) is 0. The summed E-state index contributed by atoms with van der Waals surface area (Å²) in [5.41, 5.74) is 5.28. The first-order valence-electron chi connectivity index (χ1n) is 6.63. The molecular formula is C16H16ClN3. The zero-order valence-corrected chi connectivity index (χ0v) is 12.5. The summed E-state index contributed by atoms with van der Waals surface area (Å²) in [7, 11) is 0. The summed E-state index contributed by atoms with van der Waals surface area (Å²) < 4.78 is 2.04. The molecule has 0 amide bonds. The Balaban J connectivity index is 2.33. The van der Waals surface area contributed by atoms with E-state index in [9.17, 15) is 0 Å². The number of pyridine rings is 1. The van der Waals surface area contributed by atoms with E-state index in [4.69, 9.17) is 11.6 Å². The van der Waals surface area contributed by atoms with Crippen LogP contribution in [0.25, 0.3) is 16.9 Å². The van der Waals surface area contributed by atoms with Crippen LogP contribution < -0.4 is 0 Å². The van der Waals surface area contributed by atoms with Crippen molar-refractivity contribution in [3.05, 3.63) is 53.5 Å². The number of aryl methyl sites for hydroxylation is 2. The zero-order chi connectivity index (χ0) is 14.3. The number of fused-ring (bicyclic) bond motifs is 1. The predicted octanol–water partition coefficient (Wildman–Crippen LogP) is 4.34. The van der Waals surface area contributed by atoms with Crippen molar-refractivity contribution in [2.24, 2.45) is 0 Å². The van der Waals surface area contributed by atoms with E-state index in [0.29, 0.717) is 0 Å². The fourth-order valence-corrected chi connectivity index (χ4v) is 2.46. The van der Waals surface area contributed by atoms with Gasteiger partial charge in [0.15, 0.2) is 5.65 Å². The number of alkyl halides is 1. The summed E-state index contributed by atoms with van der Waals surface area (Å²) in [4.78, 5) is 9.06. The maximum Gasteiger partial charge on any atom is 0.164 e. The summed E-state index contributed by atoms with van der Waals surface area (Å²) in [6.07, 6.45) is 1.78. The van der Waals surface area contributed by atoms with Crippen LogP contribution in [0.1, 0.15) is 29.3 Å². The minimum Gasteiger partial charge on any atom is -0.279 e. The second kappa shape index (κ2) is 4.91. The summed E-state index contributed by atoms with van der Waals surface area (Å²) in [6.45, 7) is 6.14. The molecule has 102 valence electrons. The van der Waals surface area contributed by atoms with Crippen molar-refractivity contribution in [2.45, 2.75) is 26.1 Å². The molecule has 1 unspecified atom stereocenters. The summed E-state index contributed by atoms with van der Waals surface area (Å²) in [5, 5.41) is -0.175. The topological polar surface area (TPSA) is 30.7 Å². The van der Waals surface area contributed by atoms with Gasteiger partial charge in [-0.2, -0.15) is 0 Å². The van der Waals surface area contributed by atoms with Crippen LogP contribution in [0.15, 0.2) is 36.5 Å². The van der Waals surface area contributed by atoms with Crippen molar-refractivity contribution in [3.8, 4) is 5.69 Å².